The molecule has 0 N–H and O–H groups in total. The van der Waals surface area contributed by atoms with Crippen LogP contribution in [0.25, 0.3) is 0 Å². The van der Waals surface area contributed by atoms with E-state index in [9.17, 15) is 35.9 Å². The van der Waals surface area contributed by atoms with E-state index in [4.69, 9.17) is 0 Å². The Kier molecular flexibility index (Phi) is 2.11. The molecule has 0 saturated carbocycles. The van der Waals surface area contributed by atoms with E-state index in [0.29, 0.717) is 0 Å². The zero-order chi connectivity index (χ0) is 12.2. The number of carbonyl (C=O) groups excluding carboxylic acids is 2. The van der Waals surface area contributed by atoms with Crippen molar-refractivity contribution >= 4 is 19.8 Å². The molecule has 1 heterocycles. The van der Waals surface area contributed by atoms with Gasteiger partial charge >= 0.3 is 17.8 Å². The summed E-state index contributed by atoms with van der Waals surface area (Å²) in [6.45, 7) is 0. The molecule has 1 aliphatic rings. The van der Waals surface area contributed by atoms with Crippen molar-refractivity contribution in [1.29, 1.82) is 0 Å². The molecular weight excluding hydrogens is 231 g/mol. The van der Waals surface area contributed by atoms with Gasteiger partial charge in [0.15, 0.2) is 0 Å². The summed E-state index contributed by atoms with van der Waals surface area (Å²) in [5.41, 5.74) is 0. The van der Waals surface area contributed by atoms with Crippen LogP contribution in [0.2, 0.25) is 0 Å². The van der Waals surface area contributed by atoms with Crippen LogP contribution in [0.5, 0.6) is 0 Å². The van der Waals surface area contributed by atoms with E-state index in [2.05, 4.69) is 7.98 Å². The standard InChI is InChI=1S/C5BF6NO2/c6-13-1(14)3(7,8)5(11,12)4(9,10)2(13)15. The van der Waals surface area contributed by atoms with E-state index in [1.165, 1.54) is 0 Å². The smallest absolute Gasteiger partial charge is 0.330 e. The Morgan fingerprint density at radius 2 is 1.13 bits per heavy atom. The van der Waals surface area contributed by atoms with E-state index >= 15 is 0 Å². The predicted octanol–water partition coefficient (Wildman–Crippen LogP) is 0.345. The highest BCUT2D eigenvalue weighted by Crippen LogP contribution is 2.50. The third-order valence-electron chi connectivity index (χ3n) is 1.76. The van der Waals surface area contributed by atoms with Crippen LogP contribution < -0.4 is 0 Å². The van der Waals surface area contributed by atoms with Gasteiger partial charge in [0.2, 0.25) is 7.98 Å². The number of imide groups is 1. The first kappa shape index (κ1) is 11.9. The van der Waals surface area contributed by atoms with Gasteiger partial charge in [-0.05, 0) is 0 Å². The van der Waals surface area contributed by atoms with Crippen LogP contribution in [-0.4, -0.2) is 42.4 Å². The van der Waals surface area contributed by atoms with Gasteiger partial charge in [0.25, 0.3) is 11.8 Å². The summed E-state index contributed by atoms with van der Waals surface area (Å²) >= 11 is 0. The Balaban J connectivity index is 3.40. The number of amides is 2. The molecule has 0 unspecified atom stereocenters. The average Bonchev–Trinajstić information content (AvgIpc) is 2.12. The number of nitrogens with zero attached hydrogens (tertiary/aromatic N) is 1. The quantitative estimate of drug-likeness (QED) is 0.342. The van der Waals surface area contributed by atoms with Crippen molar-refractivity contribution in [2.24, 2.45) is 0 Å². The molecule has 0 aromatic heterocycles. The Hall–Kier alpha value is -1.22. The average molecular weight is 231 g/mol. The Morgan fingerprint density at radius 3 is 1.40 bits per heavy atom. The summed E-state index contributed by atoms with van der Waals surface area (Å²) in [4.78, 5) is 19.5. The molecule has 2 radical (unpaired) electrons. The Bertz CT molecular complexity index is 312. The van der Waals surface area contributed by atoms with Crippen molar-refractivity contribution in [3.8, 4) is 0 Å². The van der Waals surface area contributed by atoms with Crippen molar-refractivity contribution in [1.82, 2.24) is 4.81 Å². The molecule has 0 aromatic carbocycles. The Labute approximate surface area is 79.4 Å². The molecule has 2 amide bonds. The van der Waals surface area contributed by atoms with Gasteiger partial charge in [0, 0.05) is 0 Å². The predicted molar refractivity (Wildman–Crippen MR) is 32.4 cm³/mol. The molecule has 15 heavy (non-hydrogen) atoms. The minimum atomic E-state index is -6.09. The lowest BCUT2D eigenvalue weighted by atomic mass is 9.94. The van der Waals surface area contributed by atoms with Crippen LogP contribution in [0.15, 0.2) is 0 Å². The van der Waals surface area contributed by atoms with Crippen LogP contribution in [0.3, 0.4) is 0 Å². The minimum Gasteiger partial charge on any atom is -0.330 e. The van der Waals surface area contributed by atoms with Crippen molar-refractivity contribution in [2.45, 2.75) is 17.8 Å². The number of hydrogen-bond donors (Lipinski definition) is 0. The summed E-state index contributed by atoms with van der Waals surface area (Å²) in [5.74, 6) is -23.3. The molecule has 3 nitrogen and oxygen atoms in total. The van der Waals surface area contributed by atoms with Crippen LogP contribution in [0.4, 0.5) is 26.3 Å². The first-order valence-electron chi connectivity index (χ1n) is 3.25. The second kappa shape index (κ2) is 2.67. The first-order chi connectivity index (χ1) is 6.48. The van der Waals surface area contributed by atoms with Gasteiger partial charge in [-0.2, -0.15) is 26.3 Å². The van der Waals surface area contributed by atoms with Gasteiger partial charge in [0.05, 0.1) is 0 Å². The molecule has 1 aliphatic heterocycles. The van der Waals surface area contributed by atoms with Crippen molar-refractivity contribution < 1.29 is 35.9 Å². The third kappa shape index (κ3) is 1.10. The largest absolute Gasteiger partial charge is 0.392 e. The molecule has 1 fully saturated rings. The highest BCUT2D eigenvalue weighted by molar-refractivity contribution is 6.28. The van der Waals surface area contributed by atoms with Crippen LogP contribution in [-0.2, 0) is 9.59 Å². The zero-order valence-corrected chi connectivity index (χ0v) is 6.61. The molecular formula is C5BF6NO2. The van der Waals surface area contributed by atoms with Crippen LogP contribution in [0.1, 0.15) is 0 Å². The first-order valence-corrected chi connectivity index (χ1v) is 3.25. The highest BCUT2D eigenvalue weighted by Gasteiger charge is 2.82. The fourth-order valence-corrected chi connectivity index (χ4v) is 0.861. The van der Waals surface area contributed by atoms with E-state index in [-0.39, 0.29) is 0 Å². The van der Waals surface area contributed by atoms with Gasteiger partial charge < -0.3 is 4.81 Å². The maximum atomic E-state index is 12.4. The van der Waals surface area contributed by atoms with Crippen molar-refractivity contribution in [2.75, 3.05) is 0 Å². The van der Waals surface area contributed by atoms with Gasteiger partial charge in [-0.3, -0.25) is 9.59 Å². The third-order valence-corrected chi connectivity index (χ3v) is 1.76. The summed E-state index contributed by atoms with van der Waals surface area (Å²) in [7, 11) is 4.24. The number of piperidine rings is 1. The molecule has 0 spiro atoms. The van der Waals surface area contributed by atoms with Crippen LogP contribution in [0, 0.1) is 0 Å². The number of hydrogen-bond acceptors (Lipinski definition) is 2. The molecule has 0 atom stereocenters. The highest BCUT2D eigenvalue weighted by atomic mass is 19.3. The van der Waals surface area contributed by atoms with E-state index in [1.54, 1.807) is 0 Å². The lowest BCUT2D eigenvalue weighted by molar-refractivity contribution is -0.301. The molecule has 1 rings (SSSR count). The summed E-state index contributed by atoms with van der Waals surface area (Å²) in [5, 5.41) is 0. The SMILES string of the molecule is [B]N1C(=O)C(F)(F)C(F)(F)C(F)(F)C1=O. The summed E-state index contributed by atoms with van der Waals surface area (Å²) in [6.07, 6.45) is 0. The van der Waals surface area contributed by atoms with Gasteiger partial charge in [-0.15, -0.1) is 0 Å². The van der Waals surface area contributed by atoms with E-state index in [0.717, 1.165) is 0 Å². The van der Waals surface area contributed by atoms with Crippen LogP contribution >= 0.6 is 0 Å². The van der Waals surface area contributed by atoms with Gasteiger partial charge in [-0.25, -0.2) is 0 Å². The number of alkyl halides is 6. The molecule has 82 valence electrons. The molecule has 0 aliphatic carbocycles. The zero-order valence-electron chi connectivity index (χ0n) is 6.61. The molecule has 0 bridgehead atoms. The normalized spacial score (nSPS) is 28.0. The fraction of sp³-hybridized carbons (Fsp3) is 0.600. The lowest BCUT2D eigenvalue weighted by Gasteiger charge is -2.39. The fourth-order valence-electron chi connectivity index (χ4n) is 0.861. The van der Waals surface area contributed by atoms with E-state index < -0.39 is 34.4 Å². The summed E-state index contributed by atoms with van der Waals surface area (Å²) < 4.78 is 74.6. The minimum absolute atomic E-state index is 1.21. The number of carbonyl (C=O) groups is 2. The number of halogens is 6. The molecule has 1 saturated heterocycles. The molecule has 10 heteroatoms. The maximum Gasteiger partial charge on any atom is 0.392 e. The van der Waals surface area contributed by atoms with Crippen molar-refractivity contribution in [3.05, 3.63) is 0 Å². The number of rotatable bonds is 0. The monoisotopic (exact) mass is 231 g/mol. The van der Waals surface area contributed by atoms with E-state index in [1.807, 2.05) is 0 Å². The van der Waals surface area contributed by atoms with Gasteiger partial charge in [-0.1, -0.05) is 0 Å². The second-order valence-electron chi connectivity index (χ2n) is 2.70. The topological polar surface area (TPSA) is 37.4 Å². The summed E-state index contributed by atoms with van der Waals surface area (Å²) in [6, 6.07) is 0. The lowest BCUT2D eigenvalue weighted by Crippen LogP contribution is -2.72. The van der Waals surface area contributed by atoms with Gasteiger partial charge in [0.1, 0.15) is 0 Å². The Morgan fingerprint density at radius 1 is 0.867 bits per heavy atom. The molecule has 0 aromatic rings. The maximum absolute atomic E-state index is 12.4. The second-order valence-corrected chi connectivity index (χ2v) is 2.70. The van der Waals surface area contributed by atoms with Crippen molar-refractivity contribution in [3.63, 3.8) is 0 Å².